The number of methoxy groups -OCH3 is 1. The third-order valence-corrected chi connectivity index (χ3v) is 5.35. The van der Waals surface area contributed by atoms with E-state index in [1.807, 2.05) is 37.3 Å². The summed E-state index contributed by atoms with van der Waals surface area (Å²) in [6, 6.07) is 9.44. The zero-order valence-corrected chi connectivity index (χ0v) is 18.4. The van der Waals surface area contributed by atoms with Crippen molar-refractivity contribution in [3.05, 3.63) is 61.7 Å². The van der Waals surface area contributed by atoms with E-state index in [2.05, 4.69) is 15.2 Å². The molecule has 166 valence electrons. The number of nitrogens with one attached hydrogen (secondary N) is 1. The highest BCUT2D eigenvalue weighted by Gasteiger charge is 2.21. The molecule has 11 heteroatoms. The topological polar surface area (TPSA) is 128 Å². The van der Waals surface area contributed by atoms with Crippen LogP contribution in [-0.2, 0) is 17.8 Å². The summed E-state index contributed by atoms with van der Waals surface area (Å²) >= 11 is 1.30. The molecule has 0 aliphatic heterocycles. The molecule has 31 heavy (non-hydrogen) atoms. The molecule has 3 N–H and O–H groups in total. The minimum absolute atomic E-state index is 0.101. The third kappa shape index (κ3) is 5.70. The van der Waals surface area contributed by atoms with Gasteiger partial charge in [-0.25, -0.2) is 4.79 Å². The Balaban J connectivity index is 1.97. The fourth-order valence-corrected chi connectivity index (χ4v) is 3.88. The van der Waals surface area contributed by atoms with Gasteiger partial charge in [0, 0.05) is 20.3 Å². The average Bonchev–Trinajstić information content (AvgIpc) is 3.19. The Hall–Kier alpha value is -3.18. The first kappa shape index (κ1) is 22.5. The Bertz CT molecular complexity index is 1100. The third-order valence-electron chi connectivity index (χ3n) is 4.53. The second-order valence-electron chi connectivity index (χ2n) is 6.73. The predicted molar refractivity (Wildman–Crippen MR) is 120 cm³/mol. The first-order valence-electron chi connectivity index (χ1n) is 9.89. The molecule has 0 radical (unpaired) electrons. The van der Waals surface area contributed by atoms with Crippen LogP contribution >= 0.6 is 11.3 Å². The van der Waals surface area contributed by atoms with Crippen molar-refractivity contribution in [1.82, 2.24) is 19.7 Å². The molecule has 0 spiro atoms. The molecule has 0 saturated carbocycles. The normalized spacial score (nSPS) is 10.9. The maximum atomic E-state index is 12.8. The van der Waals surface area contributed by atoms with Crippen LogP contribution in [0.4, 0.5) is 11.5 Å². The number of nitrogen functional groups attached to an aromatic ring is 1. The fraction of sp³-hybridized carbons (Fsp3) is 0.400. The highest BCUT2D eigenvalue weighted by molar-refractivity contribution is 7.13. The second-order valence-corrected chi connectivity index (χ2v) is 7.75. The van der Waals surface area contributed by atoms with E-state index in [1.54, 1.807) is 12.0 Å². The number of anilines is 2. The van der Waals surface area contributed by atoms with E-state index >= 15 is 0 Å². The van der Waals surface area contributed by atoms with Crippen molar-refractivity contribution < 1.29 is 9.47 Å². The molecule has 2 heterocycles. The van der Waals surface area contributed by atoms with Gasteiger partial charge in [0.25, 0.3) is 10.8 Å². The molecule has 10 nitrogen and oxygen atoms in total. The lowest BCUT2D eigenvalue weighted by atomic mass is 10.2. The van der Waals surface area contributed by atoms with E-state index in [9.17, 15) is 9.59 Å². The van der Waals surface area contributed by atoms with Crippen molar-refractivity contribution >= 4 is 22.8 Å². The largest absolute Gasteiger partial charge is 0.469 e. The van der Waals surface area contributed by atoms with Crippen molar-refractivity contribution in [3.8, 4) is 5.19 Å². The molecular formula is C20H26N6O4S. The molecule has 3 rings (SSSR count). The highest BCUT2D eigenvalue weighted by Crippen LogP contribution is 2.24. The van der Waals surface area contributed by atoms with Gasteiger partial charge in [0.05, 0.1) is 19.7 Å². The minimum Gasteiger partial charge on any atom is -0.469 e. The standard InChI is InChI=1S/C20H26N6O4S/c1-3-30-20-24-23-15(31-20)13-25(10-7-11-29-2)16-17(21)26(19(28)22-18(16)27)12-14-8-5-4-6-9-14/h4-6,8-9H,3,7,10-13,21H2,1-2H3,(H,22,27,28). The van der Waals surface area contributed by atoms with Gasteiger partial charge in [-0.3, -0.25) is 14.3 Å². The van der Waals surface area contributed by atoms with Gasteiger partial charge in [0.1, 0.15) is 16.5 Å². The molecule has 0 amide bonds. The lowest BCUT2D eigenvalue weighted by Gasteiger charge is -2.25. The van der Waals surface area contributed by atoms with Crippen LogP contribution < -0.4 is 26.6 Å². The number of benzene rings is 1. The van der Waals surface area contributed by atoms with Crippen molar-refractivity contribution in [3.63, 3.8) is 0 Å². The lowest BCUT2D eigenvalue weighted by Crippen LogP contribution is -2.39. The summed E-state index contributed by atoms with van der Waals surface area (Å²) in [6.07, 6.45) is 0.657. The average molecular weight is 447 g/mol. The first-order valence-corrected chi connectivity index (χ1v) is 10.7. The van der Waals surface area contributed by atoms with Gasteiger partial charge >= 0.3 is 5.69 Å². The predicted octanol–water partition coefficient (Wildman–Crippen LogP) is 1.46. The molecule has 3 aromatic rings. The molecule has 1 aromatic carbocycles. The molecular weight excluding hydrogens is 420 g/mol. The zero-order valence-electron chi connectivity index (χ0n) is 17.5. The molecule has 0 fully saturated rings. The summed E-state index contributed by atoms with van der Waals surface area (Å²) in [4.78, 5) is 29.4. The number of aromatic amines is 1. The summed E-state index contributed by atoms with van der Waals surface area (Å²) in [5, 5.41) is 9.28. The number of rotatable bonds is 11. The van der Waals surface area contributed by atoms with Crippen LogP contribution in [-0.4, -0.2) is 46.6 Å². The summed E-state index contributed by atoms with van der Waals surface area (Å²) in [7, 11) is 1.62. The van der Waals surface area contributed by atoms with Gasteiger partial charge in [-0.15, -0.1) is 5.10 Å². The van der Waals surface area contributed by atoms with E-state index < -0.39 is 11.2 Å². The summed E-state index contributed by atoms with van der Waals surface area (Å²) in [6.45, 7) is 3.89. The molecule has 0 aliphatic carbocycles. The van der Waals surface area contributed by atoms with Gasteiger partial charge in [0.15, 0.2) is 0 Å². The van der Waals surface area contributed by atoms with Gasteiger partial charge in [-0.1, -0.05) is 46.8 Å². The molecule has 0 saturated heterocycles. The molecule has 0 atom stereocenters. The smallest absolute Gasteiger partial charge is 0.330 e. The first-order chi connectivity index (χ1) is 15.0. The lowest BCUT2D eigenvalue weighted by molar-refractivity contribution is 0.196. The van der Waals surface area contributed by atoms with Crippen LogP contribution in [0.5, 0.6) is 5.19 Å². The number of nitrogens with two attached hydrogens (primary N) is 1. The maximum Gasteiger partial charge on any atom is 0.330 e. The number of nitrogens with zero attached hydrogens (tertiary/aromatic N) is 4. The van der Waals surface area contributed by atoms with Crippen molar-refractivity contribution in [2.45, 2.75) is 26.4 Å². The van der Waals surface area contributed by atoms with Gasteiger partial charge in [0.2, 0.25) is 0 Å². The number of hydrogen-bond donors (Lipinski definition) is 2. The van der Waals surface area contributed by atoms with Crippen LogP contribution in [0.1, 0.15) is 23.9 Å². The number of hydrogen-bond acceptors (Lipinski definition) is 9. The second kappa shape index (κ2) is 10.7. The van der Waals surface area contributed by atoms with E-state index in [0.717, 1.165) is 5.56 Å². The van der Waals surface area contributed by atoms with Crippen LogP contribution in [0.15, 0.2) is 39.9 Å². The Morgan fingerprint density at radius 1 is 1.23 bits per heavy atom. The van der Waals surface area contributed by atoms with E-state index in [0.29, 0.717) is 42.9 Å². The highest BCUT2D eigenvalue weighted by atomic mass is 32.1. The SMILES string of the molecule is CCOc1nnc(CN(CCCOC)c2c(N)n(Cc3ccccc3)c(=O)[nH]c2=O)s1. The van der Waals surface area contributed by atoms with Crippen LogP contribution in [0.3, 0.4) is 0 Å². The Morgan fingerprint density at radius 3 is 2.71 bits per heavy atom. The summed E-state index contributed by atoms with van der Waals surface area (Å²) < 4.78 is 11.9. The van der Waals surface area contributed by atoms with E-state index in [-0.39, 0.29) is 18.1 Å². The zero-order chi connectivity index (χ0) is 22.2. The van der Waals surface area contributed by atoms with Gasteiger partial charge < -0.3 is 20.1 Å². The minimum atomic E-state index is -0.554. The van der Waals surface area contributed by atoms with Crippen LogP contribution in [0.25, 0.3) is 0 Å². The number of H-pyrrole nitrogens is 1. The molecule has 0 aliphatic rings. The Kier molecular flexibility index (Phi) is 7.79. The van der Waals surface area contributed by atoms with Crippen LogP contribution in [0, 0.1) is 0 Å². The van der Waals surface area contributed by atoms with Crippen molar-refractivity contribution in [2.75, 3.05) is 37.5 Å². The fourth-order valence-electron chi connectivity index (χ4n) is 3.12. The summed E-state index contributed by atoms with van der Waals surface area (Å²) in [5.41, 5.74) is 6.38. The van der Waals surface area contributed by atoms with Gasteiger partial charge in [-0.2, -0.15) is 0 Å². The maximum absolute atomic E-state index is 12.8. The Labute approximate surface area is 183 Å². The quantitative estimate of drug-likeness (QED) is 0.424. The number of aromatic nitrogens is 4. The monoisotopic (exact) mass is 446 g/mol. The van der Waals surface area contributed by atoms with Gasteiger partial charge in [-0.05, 0) is 18.9 Å². The van der Waals surface area contributed by atoms with Crippen molar-refractivity contribution in [2.24, 2.45) is 0 Å². The molecule has 0 bridgehead atoms. The number of ether oxygens (including phenoxy) is 2. The van der Waals surface area contributed by atoms with E-state index in [1.165, 1.54) is 15.9 Å². The van der Waals surface area contributed by atoms with Crippen molar-refractivity contribution in [1.29, 1.82) is 0 Å². The molecule has 0 unspecified atom stereocenters. The summed E-state index contributed by atoms with van der Waals surface area (Å²) in [5.74, 6) is 0.101. The van der Waals surface area contributed by atoms with Crippen LogP contribution in [0.2, 0.25) is 0 Å². The van der Waals surface area contributed by atoms with E-state index in [4.69, 9.17) is 15.2 Å². The Morgan fingerprint density at radius 2 is 2.00 bits per heavy atom. The molecule has 2 aromatic heterocycles.